The number of fused-ring (bicyclic) bond motifs is 1. The minimum Gasteiger partial charge on any atom is -0.368 e. The maximum atomic E-state index is 6.07. The number of aromatic nitrogens is 2. The van der Waals surface area contributed by atoms with E-state index in [0.29, 0.717) is 5.92 Å². The molecule has 0 aliphatic rings. The number of aryl methyl sites for hydroxylation is 1. The largest absolute Gasteiger partial charge is 0.368 e. The summed E-state index contributed by atoms with van der Waals surface area (Å²) in [6.07, 6.45) is 2.62. The van der Waals surface area contributed by atoms with Gasteiger partial charge in [-0.15, -0.1) is 11.3 Å². The topological polar surface area (TPSA) is 63.8 Å². The van der Waals surface area contributed by atoms with Crippen LogP contribution in [0.5, 0.6) is 0 Å². The van der Waals surface area contributed by atoms with Gasteiger partial charge in [-0.2, -0.15) is 0 Å². The zero-order valence-corrected chi connectivity index (χ0v) is 11.9. The Kier molecular flexibility index (Phi) is 4.14. The highest BCUT2D eigenvalue weighted by molar-refractivity contribution is 7.18. The summed E-state index contributed by atoms with van der Waals surface area (Å²) in [5.41, 5.74) is 6.07. The van der Waals surface area contributed by atoms with Crippen LogP contribution in [0.3, 0.4) is 0 Å². The lowest BCUT2D eigenvalue weighted by atomic mass is 10.0. The minimum absolute atomic E-state index is 0.162. The van der Waals surface area contributed by atoms with Gasteiger partial charge in [0.15, 0.2) is 0 Å². The molecule has 0 amide bonds. The molecule has 0 aromatic carbocycles. The minimum atomic E-state index is 0.162. The van der Waals surface area contributed by atoms with Gasteiger partial charge < -0.3 is 11.1 Å². The summed E-state index contributed by atoms with van der Waals surface area (Å²) in [5.74, 6) is 1.51. The average Bonchev–Trinajstić information content (AvgIpc) is 2.66. The first-order chi connectivity index (χ1) is 8.56. The molecule has 0 aliphatic heterocycles. The maximum Gasteiger partial charge on any atom is 0.138 e. The molecule has 0 radical (unpaired) electrons. The van der Waals surface area contributed by atoms with E-state index in [-0.39, 0.29) is 6.04 Å². The van der Waals surface area contributed by atoms with Crippen LogP contribution in [0, 0.1) is 12.8 Å². The van der Waals surface area contributed by atoms with Crippen LogP contribution in [-0.4, -0.2) is 22.6 Å². The number of nitrogens with zero attached hydrogens (tertiary/aromatic N) is 2. The fourth-order valence-electron chi connectivity index (χ4n) is 2.03. The Balaban J connectivity index is 2.07. The predicted octanol–water partition coefficient (Wildman–Crippen LogP) is 2.79. The summed E-state index contributed by atoms with van der Waals surface area (Å²) < 4.78 is 0. The number of hydrogen-bond acceptors (Lipinski definition) is 5. The number of rotatable bonds is 5. The Hall–Kier alpha value is -1.20. The first-order valence-electron chi connectivity index (χ1n) is 6.27. The molecule has 98 valence electrons. The van der Waals surface area contributed by atoms with E-state index in [1.807, 2.05) is 0 Å². The summed E-state index contributed by atoms with van der Waals surface area (Å²) >= 11 is 1.69. The van der Waals surface area contributed by atoms with E-state index in [4.69, 9.17) is 5.73 Å². The monoisotopic (exact) mass is 264 g/mol. The zero-order chi connectivity index (χ0) is 13.1. The molecule has 2 aromatic rings. The van der Waals surface area contributed by atoms with Crippen LogP contribution in [0.2, 0.25) is 0 Å². The second-order valence-corrected chi connectivity index (χ2v) is 6.30. The van der Waals surface area contributed by atoms with Crippen LogP contribution < -0.4 is 11.1 Å². The zero-order valence-electron chi connectivity index (χ0n) is 11.1. The van der Waals surface area contributed by atoms with Crippen LogP contribution in [0.1, 0.15) is 25.1 Å². The summed E-state index contributed by atoms with van der Waals surface area (Å²) in [6, 6.07) is 2.28. The van der Waals surface area contributed by atoms with Crippen LogP contribution in [0.25, 0.3) is 10.2 Å². The van der Waals surface area contributed by atoms with Crippen LogP contribution in [0.15, 0.2) is 12.4 Å². The Morgan fingerprint density at radius 1 is 1.39 bits per heavy atom. The molecule has 18 heavy (non-hydrogen) atoms. The third-order valence-electron chi connectivity index (χ3n) is 2.76. The van der Waals surface area contributed by atoms with E-state index in [0.717, 1.165) is 29.0 Å². The van der Waals surface area contributed by atoms with Crippen molar-refractivity contribution in [2.24, 2.45) is 11.7 Å². The van der Waals surface area contributed by atoms with E-state index in [1.165, 1.54) is 4.88 Å². The van der Waals surface area contributed by atoms with Crippen molar-refractivity contribution in [3.05, 3.63) is 17.3 Å². The number of nitrogens with two attached hydrogens (primary N) is 1. The first kappa shape index (κ1) is 13.2. The molecule has 0 saturated carbocycles. The van der Waals surface area contributed by atoms with Crippen molar-refractivity contribution in [1.82, 2.24) is 9.97 Å². The molecule has 0 saturated heterocycles. The van der Waals surface area contributed by atoms with E-state index in [1.54, 1.807) is 17.7 Å². The Morgan fingerprint density at radius 2 is 2.17 bits per heavy atom. The van der Waals surface area contributed by atoms with Gasteiger partial charge in [-0.1, -0.05) is 13.8 Å². The Bertz CT molecular complexity index is 521. The van der Waals surface area contributed by atoms with Gasteiger partial charge in [0, 0.05) is 17.5 Å². The van der Waals surface area contributed by atoms with Crippen LogP contribution >= 0.6 is 11.3 Å². The molecule has 2 rings (SSSR count). The molecule has 1 unspecified atom stereocenters. The summed E-state index contributed by atoms with van der Waals surface area (Å²) in [5, 5.41) is 4.43. The SMILES string of the molecule is Cc1cc2c(NCC(N)CC(C)C)ncnc2s1. The lowest BCUT2D eigenvalue weighted by Gasteiger charge is -2.15. The predicted molar refractivity (Wildman–Crippen MR) is 78.1 cm³/mol. The molecular formula is C13H20N4S. The second kappa shape index (κ2) is 5.63. The molecular weight excluding hydrogens is 244 g/mol. The lowest BCUT2D eigenvalue weighted by Crippen LogP contribution is -2.30. The third kappa shape index (κ3) is 3.17. The van der Waals surface area contributed by atoms with Crippen LogP contribution in [-0.2, 0) is 0 Å². The van der Waals surface area contributed by atoms with Crippen molar-refractivity contribution in [2.75, 3.05) is 11.9 Å². The molecule has 0 fully saturated rings. The average molecular weight is 264 g/mol. The Morgan fingerprint density at radius 3 is 2.89 bits per heavy atom. The van der Waals surface area contributed by atoms with E-state index in [2.05, 4.69) is 42.1 Å². The number of nitrogens with one attached hydrogen (secondary N) is 1. The molecule has 2 aromatic heterocycles. The quantitative estimate of drug-likeness (QED) is 0.871. The van der Waals surface area contributed by atoms with E-state index in [9.17, 15) is 0 Å². The van der Waals surface area contributed by atoms with Crippen molar-refractivity contribution in [1.29, 1.82) is 0 Å². The van der Waals surface area contributed by atoms with Gasteiger partial charge in [-0.3, -0.25) is 0 Å². The van der Waals surface area contributed by atoms with Gasteiger partial charge in [0.1, 0.15) is 17.0 Å². The molecule has 0 bridgehead atoms. The fraction of sp³-hybridized carbons (Fsp3) is 0.538. The maximum absolute atomic E-state index is 6.07. The van der Waals surface area contributed by atoms with Gasteiger partial charge in [-0.25, -0.2) is 9.97 Å². The Labute approximate surface area is 112 Å². The second-order valence-electron chi connectivity index (χ2n) is 5.07. The molecule has 4 nitrogen and oxygen atoms in total. The van der Waals surface area contributed by atoms with Crippen molar-refractivity contribution in [3.63, 3.8) is 0 Å². The first-order valence-corrected chi connectivity index (χ1v) is 7.08. The van der Waals surface area contributed by atoms with Gasteiger partial charge >= 0.3 is 0 Å². The van der Waals surface area contributed by atoms with Gasteiger partial charge in [-0.05, 0) is 25.3 Å². The normalized spacial score (nSPS) is 13.2. The molecule has 5 heteroatoms. The van der Waals surface area contributed by atoms with Gasteiger partial charge in [0.05, 0.1) is 5.39 Å². The number of thiophene rings is 1. The molecule has 1 atom stereocenters. The molecule has 0 spiro atoms. The van der Waals surface area contributed by atoms with E-state index < -0.39 is 0 Å². The molecule has 0 aliphatic carbocycles. The number of hydrogen-bond donors (Lipinski definition) is 2. The molecule has 3 N–H and O–H groups in total. The van der Waals surface area contributed by atoms with Crippen molar-refractivity contribution in [3.8, 4) is 0 Å². The van der Waals surface area contributed by atoms with Crippen molar-refractivity contribution >= 4 is 27.4 Å². The lowest BCUT2D eigenvalue weighted by molar-refractivity contribution is 0.508. The highest BCUT2D eigenvalue weighted by atomic mass is 32.1. The summed E-state index contributed by atoms with van der Waals surface area (Å²) in [7, 11) is 0. The van der Waals surface area contributed by atoms with Gasteiger partial charge in [0.25, 0.3) is 0 Å². The smallest absolute Gasteiger partial charge is 0.138 e. The highest BCUT2D eigenvalue weighted by Crippen LogP contribution is 2.27. The summed E-state index contributed by atoms with van der Waals surface area (Å²) in [6.45, 7) is 7.20. The van der Waals surface area contributed by atoms with E-state index >= 15 is 0 Å². The third-order valence-corrected chi connectivity index (χ3v) is 3.72. The summed E-state index contributed by atoms with van der Waals surface area (Å²) in [4.78, 5) is 10.9. The van der Waals surface area contributed by atoms with Crippen molar-refractivity contribution < 1.29 is 0 Å². The molecule has 2 heterocycles. The van der Waals surface area contributed by atoms with Crippen molar-refractivity contribution in [2.45, 2.75) is 33.2 Å². The highest BCUT2D eigenvalue weighted by Gasteiger charge is 2.09. The van der Waals surface area contributed by atoms with Crippen LogP contribution in [0.4, 0.5) is 5.82 Å². The van der Waals surface area contributed by atoms with Gasteiger partial charge in [0.2, 0.25) is 0 Å². The standard InChI is InChI=1S/C13H20N4S/c1-8(2)4-10(14)6-15-12-11-5-9(3)18-13(11)17-7-16-12/h5,7-8,10H,4,6,14H2,1-3H3,(H,15,16,17). The number of anilines is 1. The fourth-order valence-corrected chi connectivity index (χ4v) is 2.88.